The molecule has 0 aromatic carbocycles. The Morgan fingerprint density at radius 3 is 1.94 bits per heavy atom. The second-order valence-electron chi connectivity index (χ2n) is 7.35. The van der Waals surface area contributed by atoms with Crippen LogP contribution in [0.1, 0.15) is 39.0 Å². The third-order valence-electron chi connectivity index (χ3n) is 4.36. The van der Waals surface area contributed by atoms with Gasteiger partial charge >= 0.3 is 11.9 Å². The van der Waals surface area contributed by atoms with Gasteiger partial charge < -0.3 is 49.1 Å². The van der Waals surface area contributed by atoms with Crippen LogP contribution in [0.4, 0.5) is 0 Å². The van der Waals surface area contributed by atoms with Crippen molar-refractivity contribution in [2.45, 2.75) is 63.2 Å². The van der Waals surface area contributed by atoms with E-state index in [-0.39, 0.29) is 25.3 Å². The van der Waals surface area contributed by atoms with Crippen LogP contribution < -0.4 is 38.9 Å². The molecular weight excluding hydrogens is 456 g/mol. The van der Waals surface area contributed by atoms with Crippen LogP contribution in [0.5, 0.6) is 0 Å². The number of rotatable bonds is 16. The highest BCUT2D eigenvalue weighted by molar-refractivity contribution is 5.96. The van der Waals surface area contributed by atoms with E-state index < -0.39 is 72.6 Å². The minimum Gasteiger partial charge on any atom is -0.481 e. The van der Waals surface area contributed by atoms with Crippen molar-refractivity contribution in [3.63, 3.8) is 0 Å². The van der Waals surface area contributed by atoms with Crippen molar-refractivity contribution in [2.75, 3.05) is 6.54 Å². The number of guanidine groups is 1. The first-order valence-electron chi connectivity index (χ1n) is 10.2. The summed E-state index contributed by atoms with van der Waals surface area (Å²) in [5.41, 5.74) is 21.3. The number of nitrogens with one attached hydrogen (secondary N) is 3. The molecule has 0 saturated carbocycles. The zero-order valence-corrected chi connectivity index (χ0v) is 18.7. The summed E-state index contributed by atoms with van der Waals surface area (Å²) in [4.78, 5) is 74.0. The van der Waals surface area contributed by atoms with Gasteiger partial charge in [-0.15, -0.1) is 0 Å². The van der Waals surface area contributed by atoms with Gasteiger partial charge in [0.25, 0.3) is 0 Å². The summed E-state index contributed by atoms with van der Waals surface area (Å²) in [6.45, 7) is 1.45. The summed E-state index contributed by atoms with van der Waals surface area (Å²) in [7, 11) is 0. The number of carboxylic acids is 2. The molecule has 0 fully saturated rings. The van der Waals surface area contributed by atoms with E-state index in [1.165, 1.54) is 6.92 Å². The number of carbonyl (C=O) groups excluding carboxylic acids is 4. The fourth-order valence-corrected chi connectivity index (χ4v) is 2.54. The maximum Gasteiger partial charge on any atom is 0.326 e. The number of nitrogens with two attached hydrogens (primary N) is 4. The molecule has 4 amide bonds. The van der Waals surface area contributed by atoms with E-state index in [0.717, 1.165) is 0 Å². The highest BCUT2D eigenvalue weighted by Gasteiger charge is 2.29. The first-order chi connectivity index (χ1) is 15.7. The van der Waals surface area contributed by atoms with Gasteiger partial charge in [0.05, 0.1) is 12.5 Å². The van der Waals surface area contributed by atoms with Crippen molar-refractivity contribution in [2.24, 2.45) is 27.9 Å². The number of hydrogen-bond acceptors (Lipinski definition) is 8. The van der Waals surface area contributed by atoms with Crippen LogP contribution in [0, 0.1) is 0 Å². The number of amides is 4. The van der Waals surface area contributed by atoms with Crippen LogP contribution in [-0.4, -0.2) is 82.5 Å². The maximum absolute atomic E-state index is 12.5. The van der Waals surface area contributed by atoms with Crippen LogP contribution in [0.25, 0.3) is 0 Å². The third kappa shape index (κ3) is 12.8. The van der Waals surface area contributed by atoms with E-state index in [1.54, 1.807) is 0 Å². The van der Waals surface area contributed by atoms with E-state index in [0.29, 0.717) is 6.42 Å². The highest BCUT2D eigenvalue weighted by atomic mass is 16.4. The van der Waals surface area contributed by atoms with Gasteiger partial charge in [-0.25, -0.2) is 4.79 Å². The van der Waals surface area contributed by atoms with Crippen molar-refractivity contribution in [3.05, 3.63) is 0 Å². The molecule has 4 atom stereocenters. The van der Waals surface area contributed by atoms with Crippen LogP contribution in [0.3, 0.4) is 0 Å². The standard InChI is InChI=1S/C18H32N8O8/c1-8(14(30)25-10(17(33)34)4-5-13(28)29)24-16(32)11(7-12(20)27)26-15(31)9(19)3-2-6-23-18(21)22/h8-11H,2-7,19H2,1H3,(H2,20,27)(H,24,32)(H,25,30)(H,26,31)(H,28,29)(H,33,34)(H4,21,22,23). The molecule has 16 nitrogen and oxygen atoms in total. The van der Waals surface area contributed by atoms with Crippen molar-refractivity contribution in [3.8, 4) is 0 Å². The fourth-order valence-electron chi connectivity index (χ4n) is 2.54. The summed E-state index contributed by atoms with van der Waals surface area (Å²) in [6, 6.07) is -5.30. The van der Waals surface area contributed by atoms with Crippen molar-refractivity contribution in [1.29, 1.82) is 0 Å². The van der Waals surface area contributed by atoms with Gasteiger partial charge in [0.15, 0.2) is 5.96 Å². The molecule has 0 radical (unpaired) electrons. The van der Waals surface area contributed by atoms with Gasteiger partial charge in [-0.3, -0.25) is 29.0 Å². The quantitative estimate of drug-likeness (QED) is 0.0568. The summed E-state index contributed by atoms with van der Waals surface area (Å²) < 4.78 is 0. The van der Waals surface area contributed by atoms with Gasteiger partial charge in [0, 0.05) is 13.0 Å². The SMILES string of the molecule is CC(NC(=O)C(CC(N)=O)NC(=O)C(N)CCCN=C(N)N)C(=O)NC(CCC(=O)O)C(=O)O. The second-order valence-corrected chi connectivity index (χ2v) is 7.35. The summed E-state index contributed by atoms with van der Waals surface area (Å²) >= 11 is 0. The number of primary amides is 1. The predicted molar refractivity (Wildman–Crippen MR) is 118 cm³/mol. The van der Waals surface area contributed by atoms with Gasteiger partial charge in [0.1, 0.15) is 18.1 Å². The molecule has 0 aromatic heterocycles. The molecule has 0 rings (SSSR count). The summed E-state index contributed by atoms with van der Waals surface area (Å²) in [5.74, 6) is -6.37. The van der Waals surface area contributed by atoms with Crippen LogP contribution in [0.15, 0.2) is 4.99 Å². The van der Waals surface area contributed by atoms with Crippen molar-refractivity contribution in [1.82, 2.24) is 16.0 Å². The molecule has 0 bridgehead atoms. The van der Waals surface area contributed by atoms with Crippen molar-refractivity contribution < 1.29 is 39.0 Å². The molecule has 0 aliphatic rings. The van der Waals surface area contributed by atoms with Gasteiger partial charge in [-0.2, -0.15) is 0 Å². The molecule has 34 heavy (non-hydrogen) atoms. The molecular formula is C18H32N8O8. The fraction of sp³-hybridized carbons (Fsp3) is 0.611. The minimum absolute atomic E-state index is 0.120. The lowest BCUT2D eigenvalue weighted by Gasteiger charge is -2.23. The van der Waals surface area contributed by atoms with E-state index in [2.05, 4.69) is 20.9 Å². The Balaban J connectivity index is 5.02. The van der Waals surface area contributed by atoms with E-state index in [1.807, 2.05) is 0 Å². The molecule has 192 valence electrons. The Morgan fingerprint density at radius 1 is 0.853 bits per heavy atom. The monoisotopic (exact) mass is 488 g/mol. The van der Waals surface area contributed by atoms with Crippen LogP contribution >= 0.6 is 0 Å². The maximum atomic E-state index is 12.5. The second kappa shape index (κ2) is 15.0. The number of carboxylic acid groups (broad SMARTS) is 2. The lowest BCUT2D eigenvalue weighted by atomic mass is 10.1. The lowest BCUT2D eigenvalue weighted by molar-refractivity contribution is -0.143. The van der Waals surface area contributed by atoms with Crippen molar-refractivity contribution >= 4 is 41.5 Å². The molecule has 0 aromatic rings. The molecule has 0 heterocycles. The van der Waals surface area contributed by atoms with Gasteiger partial charge in [0.2, 0.25) is 23.6 Å². The Morgan fingerprint density at radius 2 is 1.44 bits per heavy atom. The Hall–Kier alpha value is -3.95. The first kappa shape index (κ1) is 30.1. The normalized spacial score (nSPS) is 13.9. The summed E-state index contributed by atoms with van der Waals surface area (Å²) in [5, 5.41) is 24.4. The Bertz CT molecular complexity index is 799. The average Bonchev–Trinajstić information content (AvgIpc) is 2.72. The largest absolute Gasteiger partial charge is 0.481 e. The van der Waals surface area contributed by atoms with E-state index in [9.17, 15) is 28.8 Å². The van der Waals surface area contributed by atoms with Gasteiger partial charge in [-0.05, 0) is 26.2 Å². The zero-order chi connectivity index (χ0) is 26.4. The zero-order valence-electron chi connectivity index (χ0n) is 18.7. The minimum atomic E-state index is -1.50. The molecule has 16 heteroatoms. The molecule has 4 unspecified atom stereocenters. The van der Waals surface area contributed by atoms with E-state index in [4.69, 9.17) is 33.1 Å². The average molecular weight is 489 g/mol. The Labute approximate surface area is 194 Å². The summed E-state index contributed by atoms with van der Waals surface area (Å²) in [6.07, 6.45) is -0.944. The lowest BCUT2D eigenvalue weighted by Crippen LogP contribution is -2.57. The smallest absolute Gasteiger partial charge is 0.326 e. The van der Waals surface area contributed by atoms with E-state index >= 15 is 0 Å². The van der Waals surface area contributed by atoms with Gasteiger partial charge in [-0.1, -0.05) is 0 Å². The molecule has 0 aliphatic carbocycles. The number of aliphatic carboxylic acids is 2. The number of nitrogens with zero attached hydrogens (tertiary/aromatic N) is 1. The molecule has 13 N–H and O–H groups in total. The van der Waals surface area contributed by atoms with Crippen LogP contribution in [0.2, 0.25) is 0 Å². The molecule has 0 spiro atoms. The number of hydrogen-bond donors (Lipinski definition) is 9. The number of carbonyl (C=O) groups is 6. The number of aliphatic imine (C=N–C) groups is 1. The Kier molecular flexibility index (Phi) is 13.2. The van der Waals surface area contributed by atoms with Crippen LogP contribution in [-0.2, 0) is 28.8 Å². The molecule has 0 saturated heterocycles. The third-order valence-corrected chi connectivity index (χ3v) is 4.36. The first-order valence-corrected chi connectivity index (χ1v) is 10.2. The molecule has 0 aliphatic heterocycles. The predicted octanol–water partition coefficient (Wildman–Crippen LogP) is -4.33. The highest BCUT2D eigenvalue weighted by Crippen LogP contribution is 2.01. The topological polar surface area (TPSA) is 295 Å².